The van der Waals surface area contributed by atoms with Crippen molar-refractivity contribution >= 4 is 17.5 Å². The Balaban J connectivity index is 2.65. The molecule has 94 valence electrons. The standard InChI is InChI=1S/C13H18ClNO2/c1-4-9-15-12(16)13(2,3)17-11-7-5-10(14)6-8-11/h5-8H,4,9H2,1-3H3,(H,15,16). The molecule has 0 spiro atoms. The first-order valence-electron chi connectivity index (χ1n) is 5.68. The van der Waals surface area contributed by atoms with Crippen molar-refractivity contribution in [2.24, 2.45) is 0 Å². The molecule has 3 nitrogen and oxygen atoms in total. The second-order valence-electron chi connectivity index (χ2n) is 4.32. The summed E-state index contributed by atoms with van der Waals surface area (Å²) >= 11 is 5.78. The van der Waals surface area contributed by atoms with Crippen molar-refractivity contribution in [3.8, 4) is 5.75 Å². The van der Waals surface area contributed by atoms with Gasteiger partial charge in [-0.05, 0) is 44.5 Å². The third-order valence-electron chi connectivity index (χ3n) is 2.27. The van der Waals surface area contributed by atoms with Gasteiger partial charge >= 0.3 is 0 Å². The number of carbonyl (C=O) groups is 1. The summed E-state index contributed by atoms with van der Waals surface area (Å²) in [6.07, 6.45) is 0.906. The van der Waals surface area contributed by atoms with Crippen molar-refractivity contribution in [1.29, 1.82) is 0 Å². The lowest BCUT2D eigenvalue weighted by molar-refractivity contribution is -0.134. The fraction of sp³-hybridized carbons (Fsp3) is 0.462. The molecule has 0 radical (unpaired) electrons. The van der Waals surface area contributed by atoms with Gasteiger partial charge in [0, 0.05) is 11.6 Å². The lowest BCUT2D eigenvalue weighted by Crippen LogP contribution is -2.46. The van der Waals surface area contributed by atoms with Gasteiger partial charge in [0.05, 0.1) is 0 Å². The maximum atomic E-state index is 11.8. The highest BCUT2D eigenvalue weighted by molar-refractivity contribution is 6.30. The van der Waals surface area contributed by atoms with E-state index >= 15 is 0 Å². The molecule has 0 fully saturated rings. The third kappa shape index (κ3) is 4.27. The second kappa shape index (κ2) is 5.92. The van der Waals surface area contributed by atoms with Crippen molar-refractivity contribution in [3.63, 3.8) is 0 Å². The number of ether oxygens (including phenoxy) is 1. The van der Waals surface area contributed by atoms with Crippen LogP contribution in [0.25, 0.3) is 0 Å². The van der Waals surface area contributed by atoms with Gasteiger partial charge in [0.1, 0.15) is 5.75 Å². The lowest BCUT2D eigenvalue weighted by Gasteiger charge is -2.25. The van der Waals surface area contributed by atoms with E-state index in [2.05, 4.69) is 5.32 Å². The average molecular weight is 256 g/mol. The summed E-state index contributed by atoms with van der Waals surface area (Å²) in [5.74, 6) is 0.514. The number of rotatable bonds is 5. The lowest BCUT2D eigenvalue weighted by atomic mass is 10.1. The second-order valence-corrected chi connectivity index (χ2v) is 4.76. The first-order valence-corrected chi connectivity index (χ1v) is 6.06. The fourth-order valence-electron chi connectivity index (χ4n) is 1.30. The zero-order chi connectivity index (χ0) is 12.9. The summed E-state index contributed by atoms with van der Waals surface area (Å²) in [5, 5.41) is 3.46. The van der Waals surface area contributed by atoms with Crippen LogP contribution in [0.4, 0.5) is 0 Å². The molecule has 0 unspecified atom stereocenters. The molecule has 0 aliphatic heterocycles. The Morgan fingerprint density at radius 1 is 1.35 bits per heavy atom. The molecule has 0 aliphatic carbocycles. The molecular formula is C13H18ClNO2. The van der Waals surface area contributed by atoms with Gasteiger partial charge < -0.3 is 10.1 Å². The van der Waals surface area contributed by atoms with Crippen molar-refractivity contribution in [3.05, 3.63) is 29.3 Å². The summed E-state index contributed by atoms with van der Waals surface area (Å²) in [4.78, 5) is 11.8. The van der Waals surface area contributed by atoms with Gasteiger partial charge in [0.2, 0.25) is 0 Å². The van der Waals surface area contributed by atoms with Gasteiger partial charge in [-0.1, -0.05) is 18.5 Å². The van der Waals surface area contributed by atoms with Crippen molar-refractivity contribution < 1.29 is 9.53 Å². The van der Waals surface area contributed by atoms with E-state index in [4.69, 9.17) is 16.3 Å². The van der Waals surface area contributed by atoms with Crippen LogP contribution in [-0.4, -0.2) is 18.1 Å². The Labute approximate surface area is 107 Å². The number of nitrogens with one attached hydrogen (secondary N) is 1. The highest BCUT2D eigenvalue weighted by Crippen LogP contribution is 2.20. The Hall–Kier alpha value is -1.22. The zero-order valence-corrected chi connectivity index (χ0v) is 11.2. The van der Waals surface area contributed by atoms with Gasteiger partial charge in [-0.15, -0.1) is 0 Å². The molecular weight excluding hydrogens is 238 g/mol. The SMILES string of the molecule is CCCNC(=O)C(C)(C)Oc1ccc(Cl)cc1. The van der Waals surface area contributed by atoms with Crippen LogP contribution in [0.3, 0.4) is 0 Å². The van der Waals surface area contributed by atoms with Gasteiger partial charge in [0.15, 0.2) is 5.60 Å². The Bertz CT molecular complexity index is 374. The maximum Gasteiger partial charge on any atom is 0.263 e. The van der Waals surface area contributed by atoms with Crippen LogP contribution in [-0.2, 0) is 4.79 Å². The van der Waals surface area contributed by atoms with Gasteiger partial charge in [-0.25, -0.2) is 0 Å². The number of hydrogen-bond donors (Lipinski definition) is 1. The molecule has 17 heavy (non-hydrogen) atoms. The van der Waals surface area contributed by atoms with E-state index in [1.165, 1.54) is 0 Å². The summed E-state index contributed by atoms with van der Waals surface area (Å²) in [7, 11) is 0. The molecule has 0 saturated heterocycles. The van der Waals surface area contributed by atoms with E-state index in [1.54, 1.807) is 38.1 Å². The summed E-state index contributed by atoms with van der Waals surface area (Å²) in [5.41, 5.74) is -0.886. The average Bonchev–Trinajstić information content (AvgIpc) is 2.28. The number of hydrogen-bond acceptors (Lipinski definition) is 2. The molecule has 1 N–H and O–H groups in total. The summed E-state index contributed by atoms with van der Waals surface area (Å²) < 4.78 is 5.64. The molecule has 1 aromatic rings. The van der Waals surface area contributed by atoms with Crippen molar-refractivity contribution in [2.75, 3.05) is 6.54 Å². The van der Waals surface area contributed by atoms with Gasteiger partial charge in [0.25, 0.3) is 5.91 Å². The predicted octanol–water partition coefficient (Wildman–Crippen LogP) is 3.02. The molecule has 0 bridgehead atoms. The van der Waals surface area contributed by atoms with Crippen LogP contribution in [0.15, 0.2) is 24.3 Å². The summed E-state index contributed by atoms with van der Waals surface area (Å²) in [6, 6.07) is 6.96. The summed E-state index contributed by atoms with van der Waals surface area (Å²) in [6.45, 7) is 6.15. The fourth-order valence-corrected chi connectivity index (χ4v) is 1.42. The molecule has 0 atom stereocenters. The first-order chi connectivity index (χ1) is 7.95. The maximum absolute atomic E-state index is 11.8. The van der Waals surface area contributed by atoms with E-state index in [9.17, 15) is 4.79 Å². The molecule has 1 rings (SSSR count). The minimum absolute atomic E-state index is 0.116. The van der Waals surface area contributed by atoms with Crippen LogP contribution in [0.2, 0.25) is 5.02 Å². The monoisotopic (exact) mass is 255 g/mol. The molecule has 1 aromatic carbocycles. The predicted molar refractivity (Wildman–Crippen MR) is 69.5 cm³/mol. The van der Waals surface area contributed by atoms with Crippen LogP contribution in [0.1, 0.15) is 27.2 Å². The molecule has 0 aromatic heterocycles. The van der Waals surface area contributed by atoms with E-state index in [1.807, 2.05) is 6.92 Å². The molecule has 1 amide bonds. The third-order valence-corrected chi connectivity index (χ3v) is 2.52. The van der Waals surface area contributed by atoms with E-state index < -0.39 is 5.60 Å². The minimum atomic E-state index is -0.886. The molecule has 0 heterocycles. The van der Waals surface area contributed by atoms with E-state index in [0.29, 0.717) is 17.3 Å². The topological polar surface area (TPSA) is 38.3 Å². The molecule has 4 heteroatoms. The van der Waals surface area contributed by atoms with Gasteiger partial charge in [-0.2, -0.15) is 0 Å². The highest BCUT2D eigenvalue weighted by Gasteiger charge is 2.29. The number of benzene rings is 1. The van der Waals surface area contributed by atoms with E-state index in [0.717, 1.165) is 6.42 Å². The molecule has 0 saturated carbocycles. The van der Waals surface area contributed by atoms with Crippen LogP contribution in [0, 0.1) is 0 Å². The Morgan fingerprint density at radius 3 is 2.47 bits per heavy atom. The smallest absolute Gasteiger partial charge is 0.263 e. The largest absolute Gasteiger partial charge is 0.478 e. The minimum Gasteiger partial charge on any atom is -0.478 e. The zero-order valence-electron chi connectivity index (χ0n) is 10.4. The van der Waals surface area contributed by atoms with Crippen molar-refractivity contribution in [2.45, 2.75) is 32.8 Å². The highest BCUT2D eigenvalue weighted by atomic mass is 35.5. The first kappa shape index (κ1) is 13.8. The van der Waals surface area contributed by atoms with Gasteiger partial charge in [-0.3, -0.25) is 4.79 Å². The molecule has 0 aliphatic rings. The van der Waals surface area contributed by atoms with Crippen LogP contribution < -0.4 is 10.1 Å². The number of halogens is 1. The number of amides is 1. The quantitative estimate of drug-likeness (QED) is 0.878. The Kier molecular flexibility index (Phi) is 4.82. The Morgan fingerprint density at radius 2 is 1.94 bits per heavy atom. The van der Waals surface area contributed by atoms with Crippen LogP contribution in [0.5, 0.6) is 5.75 Å². The normalized spacial score (nSPS) is 11.1. The van der Waals surface area contributed by atoms with Crippen molar-refractivity contribution in [1.82, 2.24) is 5.32 Å². The van der Waals surface area contributed by atoms with Crippen LogP contribution >= 0.6 is 11.6 Å². The number of carbonyl (C=O) groups excluding carboxylic acids is 1. The van der Waals surface area contributed by atoms with E-state index in [-0.39, 0.29) is 5.91 Å².